The summed E-state index contributed by atoms with van der Waals surface area (Å²) in [5.41, 5.74) is 7.88. The van der Waals surface area contributed by atoms with E-state index in [1.165, 1.54) is 4.88 Å². The molecule has 0 saturated carbocycles. The van der Waals surface area contributed by atoms with Gasteiger partial charge in [0.25, 0.3) is 0 Å². The fraction of sp³-hybridized carbons (Fsp3) is 0.308. The summed E-state index contributed by atoms with van der Waals surface area (Å²) < 4.78 is 1.09. The van der Waals surface area contributed by atoms with Crippen LogP contribution in [-0.4, -0.2) is 26.0 Å². The van der Waals surface area contributed by atoms with E-state index >= 15 is 0 Å². The van der Waals surface area contributed by atoms with Crippen LogP contribution in [0.2, 0.25) is 0 Å². The van der Waals surface area contributed by atoms with Crippen molar-refractivity contribution in [2.45, 2.75) is 29.7 Å². The lowest BCUT2D eigenvalue weighted by molar-refractivity contribution is 0.639. The molecule has 8 heteroatoms. The van der Waals surface area contributed by atoms with Crippen molar-refractivity contribution < 1.29 is 0 Å². The van der Waals surface area contributed by atoms with E-state index in [2.05, 4.69) is 54.2 Å². The highest BCUT2D eigenvalue weighted by Gasteiger charge is 2.23. The molecule has 0 spiro atoms. The van der Waals surface area contributed by atoms with Crippen molar-refractivity contribution in [1.82, 2.24) is 19.9 Å². The third-order valence-corrected chi connectivity index (χ3v) is 6.47. The average molecular weight is 384 g/mol. The molecule has 0 aliphatic carbocycles. The summed E-state index contributed by atoms with van der Waals surface area (Å²) >= 11 is 6.88. The smallest absolute Gasteiger partial charge is 0.181 e. The van der Waals surface area contributed by atoms with Crippen LogP contribution in [-0.2, 0) is 0 Å². The van der Waals surface area contributed by atoms with Crippen molar-refractivity contribution in [1.29, 1.82) is 0 Å². The van der Waals surface area contributed by atoms with Gasteiger partial charge in [-0.1, -0.05) is 18.7 Å². The molecule has 0 saturated heterocycles. The molecule has 21 heavy (non-hydrogen) atoms. The number of H-pyrrole nitrogens is 1. The van der Waals surface area contributed by atoms with E-state index in [1.807, 2.05) is 0 Å². The molecule has 0 bridgehead atoms. The predicted molar refractivity (Wildman–Crippen MR) is 90.6 cm³/mol. The fourth-order valence-corrected chi connectivity index (χ4v) is 4.98. The van der Waals surface area contributed by atoms with E-state index in [1.54, 1.807) is 35.8 Å². The van der Waals surface area contributed by atoms with E-state index in [0.717, 1.165) is 21.4 Å². The number of imidazole rings is 1. The number of halogens is 1. The van der Waals surface area contributed by atoms with Gasteiger partial charge in [0, 0.05) is 20.8 Å². The zero-order chi connectivity index (χ0) is 14.8. The van der Waals surface area contributed by atoms with Gasteiger partial charge in [0.2, 0.25) is 0 Å². The number of nitrogens with one attached hydrogen (secondary N) is 1. The second kappa shape index (κ2) is 6.43. The first-order valence-corrected chi connectivity index (χ1v) is 9.04. The highest BCUT2D eigenvalue weighted by Crippen LogP contribution is 2.42. The molecule has 2 atom stereocenters. The molecule has 3 N–H and O–H groups in total. The lowest BCUT2D eigenvalue weighted by atomic mass is 10.1. The zero-order valence-electron chi connectivity index (χ0n) is 11.3. The van der Waals surface area contributed by atoms with Crippen molar-refractivity contribution in [3.8, 4) is 0 Å². The summed E-state index contributed by atoms with van der Waals surface area (Å²) in [6.45, 7) is 2.10. The van der Waals surface area contributed by atoms with Gasteiger partial charge in [-0.2, -0.15) is 0 Å². The maximum absolute atomic E-state index is 6.33. The highest BCUT2D eigenvalue weighted by molar-refractivity contribution is 9.10. The molecule has 3 rings (SSSR count). The van der Waals surface area contributed by atoms with Crippen LogP contribution in [0, 0.1) is 0 Å². The SMILES string of the molecule is CCC(N)C(Sc1ncnc2nc[nH]c12)c1cc(Br)cs1. The molecule has 110 valence electrons. The first-order valence-electron chi connectivity index (χ1n) is 6.49. The third kappa shape index (κ3) is 3.13. The number of nitrogens with zero attached hydrogens (tertiary/aromatic N) is 3. The fourth-order valence-electron chi connectivity index (χ4n) is 2.00. The molecule has 0 aliphatic heterocycles. The number of thiophene rings is 1. The average Bonchev–Trinajstić information content (AvgIpc) is 3.12. The lowest BCUT2D eigenvalue weighted by Gasteiger charge is -2.20. The first-order chi connectivity index (χ1) is 10.2. The Bertz CT molecular complexity index is 741. The molecule has 3 aromatic heterocycles. The van der Waals surface area contributed by atoms with Gasteiger partial charge in [-0.25, -0.2) is 15.0 Å². The molecule has 2 unspecified atom stereocenters. The number of aromatic nitrogens is 4. The van der Waals surface area contributed by atoms with Gasteiger partial charge in [0.1, 0.15) is 16.9 Å². The molecule has 0 aromatic carbocycles. The quantitative estimate of drug-likeness (QED) is 0.517. The summed E-state index contributed by atoms with van der Waals surface area (Å²) in [6, 6.07) is 2.19. The largest absolute Gasteiger partial charge is 0.341 e. The number of hydrogen-bond donors (Lipinski definition) is 2. The Morgan fingerprint density at radius 2 is 2.29 bits per heavy atom. The molecule has 3 heterocycles. The maximum atomic E-state index is 6.33. The van der Waals surface area contributed by atoms with E-state index < -0.39 is 0 Å². The minimum absolute atomic E-state index is 0.0634. The number of hydrogen-bond acceptors (Lipinski definition) is 6. The van der Waals surface area contributed by atoms with Crippen molar-refractivity contribution >= 4 is 50.2 Å². The maximum Gasteiger partial charge on any atom is 0.181 e. The molecule has 0 aliphatic rings. The summed E-state index contributed by atoms with van der Waals surface area (Å²) in [6.07, 6.45) is 4.09. The van der Waals surface area contributed by atoms with Crippen molar-refractivity contribution in [3.63, 3.8) is 0 Å². The number of fused-ring (bicyclic) bond motifs is 1. The van der Waals surface area contributed by atoms with Crippen molar-refractivity contribution in [2.24, 2.45) is 5.73 Å². The summed E-state index contributed by atoms with van der Waals surface area (Å²) in [5, 5.41) is 3.13. The van der Waals surface area contributed by atoms with Gasteiger partial charge < -0.3 is 10.7 Å². The van der Waals surface area contributed by atoms with E-state index in [4.69, 9.17) is 5.73 Å². The summed E-state index contributed by atoms with van der Waals surface area (Å²) in [5.74, 6) is 0. The second-order valence-electron chi connectivity index (χ2n) is 4.56. The Morgan fingerprint density at radius 3 is 3.00 bits per heavy atom. The number of thioether (sulfide) groups is 1. The molecule has 0 amide bonds. The van der Waals surface area contributed by atoms with Gasteiger partial charge in [-0.3, -0.25) is 0 Å². The topological polar surface area (TPSA) is 80.5 Å². The van der Waals surface area contributed by atoms with Crippen LogP contribution in [0.25, 0.3) is 11.2 Å². The van der Waals surface area contributed by atoms with Gasteiger partial charge >= 0.3 is 0 Å². The van der Waals surface area contributed by atoms with Crippen LogP contribution >= 0.6 is 39.0 Å². The third-order valence-electron chi connectivity index (χ3n) is 3.16. The predicted octanol–water partition coefficient (Wildman–Crippen LogP) is 3.75. The monoisotopic (exact) mass is 383 g/mol. The lowest BCUT2D eigenvalue weighted by Crippen LogP contribution is -2.25. The van der Waals surface area contributed by atoms with Crippen molar-refractivity contribution in [3.05, 3.63) is 33.5 Å². The molecular formula is C13H14BrN5S2. The minimum Gasteiger partial charge on any atom is -0.341 e. The van der Waals surface area contributed by atoms with Crippen LogP contribution in [0.4, 0.5) is 0 Å². The molecule has 0 fully saturated rings. The van der Waals surface area contributed by atoms with Crippen LogP contribution in [0.3, 0.4) is 0 Å². The second-order valence-corrected chi connectivity index (χ2v) is 7.55. The summed E-state index contributed by atoms with van der Waals surface area (Å²) in [7, 11) is 0. The Balaban J connectivity index is 1.96. The Morgan fingerprint density at radius 1 is 1.43 bits per heavy atom. The Kier molecular flexibility index (Phi) is 4.58. The summed E-state index contributed by atoms with van der Waals surface area (Å²) in [4.78, 5) is 17.1. The van der Waals surface area contributed by atoms with Gasteiger partial charge in [-0.15, -0.1) is 11.3 Å². The van der Waals surface area contributed by atoms with Gasteiger partial charge in [0.15, 0.2) is 5.65 Å². The first kappa shape index (κ1) is 15.0. The van der Waals surface area contributed by atoms with Crippen LogP contribution < -0.4 is 5.73 Å². The Labute approximate surface area is 138 Å². The molecule has 3 aromatic rings. The van der Waals surface area contributed by atoms with Crippen LogP contribution in [0.1, 0.15) is 23.5 Å². The van der Waals surface area contributed by atoms with E-state index in [0.29, 0.717) is 5.65 Å². The molecular weight excluding hydrogens is 370 g/mol. The van der Waals surface area contributed by atoms with Gasteiger partial charge in [0.05, 0.1) is 11.6 Å². The molecule has 5 nitrogen and oxygen atoms in total. The van der Waals surface area contributed by atoms with E-state index in [9.17, 15) is 0 Å². The number of nitrogens with two attached hydrogens (primary N) is 1. The minimum atomic E-state index is 0.0634. The van der Waals surface area contributed by atoms with Crippen LogP contribution in [0.5, 0.6) is 0 Å². The molecule has 0 radical (unpaired) electrons. The zero-order valence-corrected chi connectivity index (χ0v) is 14.5. The normalized spacial score (nSPS) is 14.4. The number of rotatable bonds is 5. The van der Waals surface area contributed by atoms with Crippen molar-refractivity contribution in [2.75, 3.05) is 0 Å². The van der Waals surface area contributed by atoms with Gasteiger partial charge in [-0.05, 0) is 28.4 Å². The van der Waals surface area contributed by atoms with Crippen LogP contribution in [0.15, 0.2) is 33.6 Å². The highest BCUT2D eigenvalue weighted by atomic mass is 79.9. The number of aromatic amines is 1. The Hall–Kier alpha value is -0.960. The van der Waals surface area contributed by atoms with E-state index in [-0.39, 0.29) is 11.3 Å². The standard InChI is InChI=1S/C13H14BrN5S2/c1-2-8(15)11(9-3-7(14)4-20-9)21-13-10-12(17-5-16-10)18-6-19-13/h3-6,8,11H,2,15H2,1H3,(H,16,17,18,19).